The SMILES string of the molecule is Cn1cc(C(=O)NC[C@H]2C[C@H]2C(=O)O)c(NC(=O)OCC2c3ccccc3-c3ccccc32)n1. The number of fused-ring (bicyclic) bond motifs is 3. The molecule has 2 aliphatic rings. The molecule has 2 aliphatic carbocycles. The van der Waals surface area contributed by atoms with E-state index in [1.807, 2.05) is 36.4 Å². The molecule has 5 rings (SSSR count). The maximum atomic E-state index is 12.6. The van der Waals surface area contributed by atoms with Crippen molar-refractivity contribution in [1.29, 1.82) is 0 Å². The number of hydrogen-bond donors (Lipinski definition) is 3. The first-order valence-electron chi connectivity index (χ1n) is 11.1. The number of anilines is 1. The number of aromatic nitrogens is 2. The molecule has 0 radical (unpaired) electrons. The summed E-state index contributed by atoms with van der Waals surface area (Å²) in [5.74, 6) is -1.76. The molecule has 0 aliphatic heterocycles. The van der Waals surface area contributed by atoms with E-state index in [4.69, 9.17) is 9.84 Å². The fourth-order valence-corrected chi connectivity index (χ4v) is 4.57. The number of rotatable bonds is 7. The standard InChI is InChI=1S/C25H24N4O5/c1-29-12-20(23(30)26-11-14-10-19(14)24(31)32)22(28-29)27-25(33)34-13-21-17-8-4-2-6-15(17)16-7-3-5-9-18(16)21/h2-9,12,14,19,21H,10-11,13H2,1H3,(H,26,30)(H,31,32)(H,27,28,33)/t14-,19-/m1/s1. The van der Waals surface area contributed by atoms with Crippen LogP contribution in [0.4, 0.5) is 10.6 Å². The van der Waals surface area contributed by atoms with Crippen LogP contribution < -0.4 is 10.6 Å². The van der Waals surface area contributed by atoms with Crippen molar-refractivity contribution in [3.8, 4) is 11.1 Å². The van der Waals surface area contributed by atoms with Crippen molar-refractivity contribution in [2.45, 2.75) is 12.3 Å². The second-order valence-corrected chi connectivity index (χ2v) is 8.67. The Hall–Kier alpha value is -4.14. The fraction of sp³-hybridized carbons (Fsp3) is 0.280. The van der Waals surface area contributed by atoms with Gasteiger partial charge in [0.25, 0.3) is 5.91 Å². The Morgan fingerprint density at radius 3 is 2.35 bits per heavy atom. The Bertz CT molecular complexity index is 1240. The van der Waals surface area contributed by atoms with Crippen LogP contribution in [0, 0.1) is 11.8 Å². The highest BCUT2D eigenvalue weighted by Gasteiger charge is 2.43. The number of hydrogen-bond acceptors (Lipinski definition) is 5. The van der Waals surface area contributed by atoms with E-state index < -0.39 is 23.9 Å². The predicted octanol–water partition coefficient (Wildman–Crippen LogP) is 3.23. The molecule has 1 aromatic heterocycles. The first-order chi connectivity index (χ1) is 16.4. The number of ether oxygens (including phenoxy) is 1. The van der Waals surface area contributed by atoms with E-state index in [0.717, 1.165) is 22.3 Å². The van der Waals surface area contributed by atoms with Gasteiger partial charge < -0.3 is 15.2 Å². The zero-order valence-corrected chi connectivity index (χ0v) is 18.5. The molecule has 0 saturated heterocycles. The summed E-state index contributed by atoms with van der Waals surface area (Å²) in [6, 6.07) is 16.1. The van der Waals surface area contributed by atoms with E-state index in [2.05, 4.69) is 27.9 Å². The molecule has 2 aromatic carbocycles. The third kappa shape index (κ3) is 4.12. The van der Waals surface area contributed by atoms with E-state index in [0.29, 0.717) is 6.42 Å². The van der Waals surface area contributed by atoms with Crippen LogP contribution in [0.3, 0.4) is 0 Å². The Morgan fingerprint density at radius 1 is 1.09 bits per heavy atom. The topological polar surface area (TPSA) is 123 Å². The molecule has 9 nitrogen and oxygen atoms in total. The molecule has 1 fully saturated rings. The molecule has 9 heteroatoms. The molecule has 34 heavy (non-hydrogen) atoms. The number of carboxylic acid groups (broad SMARTS) is 1. The molecule has 1 saturated carbocycles. The molecule has 2 atom stereocenters. The second-order valence-electron chi connectivity index (χ2n) is 8.67. The van der Waals surface area contributed by atoms with E-state index in [1.165, 1.54) is 10.9 Å². The summed E-state index contributed by atoms with van der Waals surface area (Å²) >= 11 is 0. The van der Waals surface area contributed by atoms with Gasteiger partial charge in [0.1, 0.15) is 12.2 Å². The summed E-state index contributed by atoms with van der Waals surface area (Å²) in [5, 5.41) is 18.5. The molecule has 174 valence electrons. The van der Waals surface area contributed by atoms with Crippen LogP contribution in [-0.2, 0) is 16.6 Å². The smallest absolute Gasteiger partial charge is 0.412 e. The van der Waals surface area contributed by atoms with Gasteiger partial charge in [0.05, 0.1) is 5.92 Å². The Labute approximate surface area is 195 Å². The number of nitrogens with one attached hydrogen (secondary N) is 2. The van der Waals surface area contributed by atoms with Crippen LogP contribution in [0.2, 0.25) is 0 Å². The van der Waals surface area contributed by atoms with Gasteiger partial charge in [0.15, 0.2) is 5.82 Å². The lowest BCUT2D eigenvalue weighted by atomic mass is 9.98. The summed E-state index contributed by atoms with van der Waals surface area (Å²) in [6.45, 7) is 0.404. The molecule has 3 aromatic rings. The number of carbonyl (C=O) groups excluding carboxylic acids is 2. The van der Waals surface area contributed by atoms with Crippen LogP contribution in [0.1, 0.15) is 33.8 Å². The van der Waals surface area contributed by atoms with E-state index >= 15 is 0 Å². The molecule has 2 amide bonds. The first-order valence-corrected chi connectivity index (χ1v) is 11.1. The lowest BCUT2D eigenvalue weighted by Crippen LogP contribution is -2.27. The highest BCUT2D eigenvalue weighted by molar-refractivity contribution is 6.01. The van der Waals surface area contributed by atoms with Crippen molar-refractivity contribution in [3.63, 3.8) is 0 Å². The fourth-order valence-electron chi connectivity index (χ4n) is 4.57. The minimum Gasteiger partial charge on any atom is -0.481 e. The molecule has 0 bridgehead atoms. The number of carbonyl (C=O) groups is 3. The third-order valence-electron chi connectivity index (χ3n) is 6.40. The lowest BCUT2D eigenvalue weighted by Gasteiger charge is -2.14. The summed E-state index contributed by atoms with van der Waals surface area (Å²) in [5.41, 5.74) is 4.67. The van der Waals surface area contributed by atoms with Crippen LogP contribution in [0.5, 0.6) is 0 Å². The Kier molecular flexibility index (Phi) is 5.53. The largest absolute Gasteiger partial charge is 0.481 e. The molecular formula is C25H24N4O5. The Balaban J connectivity index is 1.22. The second kappa shape index (κ2) is 8.66. The summed E-state index contributed by atoms with van der Waals surface area (Å²) in [4.78, 5) is 36.2. The molecule has 0 spiro atoms. The average molecular weight is 460 g/mol. The maximum Gasteiger partial charge on any atom is 0.412 e. The zero-order chi connectivity index (χ0) is 23.8. The minimum absolute atomic E-state index is 0.0725. The summed E-state index contributed by atoms with van der Waals surface area (Å²) in [7, 11) is 1.64. The van der Waals surface area contributed by atoms with Gasteiger partial charge in [-0.05, 0) is 34.6 Å². The molecular weight excluding hydrogens is 436 g/mol. The maximum absolute atomic E-state index is 12.6. The normalized spacial score (nSPS) is 18.0. The van der Waals surface area contributed by atoms with Gasteiger partial charge in [0.2, 0.25) is 0 Å². The zero-order valence-electron chi connectivity index (χ0n) is 18.5. The van der Waals surface area contributed by atoms with E-state index in [1.54, 1.807) is 7.05 Å². The van der Waals surface area contributed by atoms with E-state index in [-0.39, 0.29) is 36.4 Å². The third-order valence-corrected chi connectivity index (χ3v) is 6.40. The number of carboxylic acids is 1. The van der Waals surface area contributed by atoms with Crippen molar-refractivity contribution < 1.29 is 24.2 Å². The van der Waals surface area contributed by atoms with Gasteiger partial charge >= 0.3 is 12.1 Å². The molecule has 0 unspecified atom stereocenters. The van der Waals surface area contributed by atoms with Crippen molar-refractivity contribution in [2.75, 3.05) is 18.5 Å². The van der Waals surface area contributed by atoms with Gasteiger partial charge in [0, 0.05) is 25.7 Å². The lowest BCUT2D eigenvalue weighted by molar-refractivity contribution is -0.138. The van der Waals surface area contributed by atoms with Crippen molar-refractivity contribution in [2.24, 2.45) is 18.9 Å². The quantitative estimate of drug-likeness (QED) is 0.498. The van der Waals surface area contributed by atoms with Gasteiger partial charge in [-0.1, -0.05) is 48.5 Å². The first kappa shape index (κ1) is 21.7. The van der Waals surface area contributed by atoms with Gasteiger partial charge in [-0.2, -0.15) is 5.10 Å². The van der Waals surface area contributed by atoms with Crippen molar-refractivity contribution in [1.82, 2.24) is 15.1 Å². The number of nitrogens with zero attached hydrogens (tertiary/aromatic N) is 2. The van der Waals surface area contributed by atoms with Crippen LogP contribution in [0.25, 0.3) is 11.1 Å². The van der Waals surface area contributed by atoms with Crippen LogP contribution in [0.15, 0.2) is 54.7 Å². The number of amides is 2. The monoisotopic (exact) mass is 460 g/mol. The van der Waals surface area contributed by atoms with Crippen LogP contribution in [-0.4, -0.2) is 46.0 Å². The van der Waals surface area contributed by atoms with Gasteiger partial charge in [-0.15, -0.1) is 0 Å². The minimum atomic E-state index is -0.849. The highest BCUT2D eigenvalue weighted by atomic mass is 16.5. The van der Waals surface area contributed by atoms with Gasteiger partial charge in [-0.25, -0.2) is 4.79 Å². The number of benzene rings is 2. The number of aliphatic carboxylic acids is 1. The average Bonchev–Trinajstić information content (AvgIpc) is 3.43. The molecule has 3 N–H and O–H groups in total. The molecule has 1 heterocycles. The summed E-state index contributed by atoms with van der Waals surface area (Å²) in [6.07, 6.45) is 1.34. The van der Waals surface area contributed by atoms with Crippen molar-refractivity contribution in [3.05, 3.63) is 71.4 Å². The van der Waals surface area contributed by atoms with Crippen molar-refractivity contribution >= 4 is 23.8 Å². The highest BCUT2D eigenvalue weighted by Crippen LogP contribution is 2.44. The van der Waals surface area contributed by atoms with Gasteiger partial charge in [-0.3, -0.25) is 19.6 Å². The van der Waals surface area contributed by atoms with Crippen LogP contribution >= 0.6 is 0 Å². The van der Waals surface area contributed by atoms with E-state index in [9.17, 15) is 14.4 Å². The number of aryl methyl sites for hydroxylation is 1. The predicted molar refractivity (Wildman–Crippen MR) is 123 cm³/mol. The summed E-state index contributed by atoms with van der Waals surface area (Å²) < 4.78 is 6.96. The Morgan fingerprint density at radius 2 is 1.74 bits per heavy atom.